The summed E-state index contributed by atoms with van der Waals surface area (Å²) >= 11 is 0. The lowest BCUT2D eigenvalue weighted by Crippen LogP contribution is -2.32. The molecule has 1 aliphatic rings. The van der Waals surface area contributed by atoms with E-state index < -0.39 is 0 Å². The molecule has 1 fully saturated rings. The average Bonchev–Trinajstić information content (AvgIpc) is 2.71. The van der Waals surface area contributed by atoms with Crippen molar-refractivity contribution in [3.63, 3.8) is 0 Å². The normalized spacial score (nSPS) is 22.4. The Labute approximate surface area is 95.7 Å². The number of carbonyl (C=O) groups excluding carboxylic acids is 1. The van der Waals surface area contributed by atoms with Gasteiger partial charge < -0.3 is 15.7 Å². The van der Waals surface area contributed by atoms with Gasteiger partial charge in [-0.05, 0) is 25.5 Å². The summed E-state index contributed by atoms with van der Waals surface area (Å²) < 4.78 is 0. The fraction of sp³-hybridized carbons (Fsp3) is 0.417. The highest BCUT2D eigenvalue weighted by Crippen LogP contribution is 2.13. The van der Waals surface area contributed by atoms with Crippen molar-refractivity contribution in [1.29, 1.82) is 0 Å². The Morgan fingerprint density at radius 3 is 2.75 bits per heavy atom. The van der Waals surface area contributed by atoms with E-state index in [1.807, 2.05) is 0 Å². The molecule has 0 aliphatic carbocycles. The van der Waals surface area contributed by atoms with Gasteiger partial charge in [-0.2, -0.15) is 0 Å². The summed E-state index contributed by atoms with van der Waals surface area (Å²) in [7, 11) is 0. The summed E-state index contributed by atoms with van der Waals surface area (Å²) in [5, 5.41) is 9.31. The molecule has 0 aromatic carbocycles. The lowest BCUT2D eigenvalue weighted by atomic mass is 10.2. The zero-order valence-electron chi connectivity index (χ0n) is 9.52. The summed E-state index contributed by atoms with van der Waals surface area (Å²) in [6.45, 7) is 6.45. The molecular weight excluding hydrogens is 204 g/mol. The van der Waals surface area contributed by atoms with E-state index in [-0.39, 0.29) is 17.7 Å². The van der Waals surface area contributed by atoms with Gasteiger partial charge in [0.05, 0.1) is 0 Å². The minimum atomic E-state index is -0.0937. The summed E-state index contributed by atoms with van der Waals surface area (Å²) in [5.74, 6) is -0.103. The van der Waals surface area contributed by atoms with Crippen LogP contribution in [0.1, 0.15) is 13.3 Å². The van der Waals surface area contributed by atoms with Crippen molar-refractivity contribution in [2.24, 2.45) is 5.73 Å². The molecule has 88 valence electrons. The van der Waals surface area contributed by atoms with Crippen molar-refractivity contribution < 1.29 is 9.90 Å². The number of allylic oxidation sites excluding steroid dienone is 2. The Hall–Kier alpha value is -1.55. The summed E-state index contributed by atoms with van der Waals surface area (Å²) in [6.07, 6.45) is 5.22. The van der Waals surface area contributed by atoms with E-state index in [9.17, 15) is 9.90 Å². The van der Waals surface area contributed by atoms with Crippen molar-refractivity contribution in [3.05, 3.63) is 36.1 Å². The van der Waals surface area contributed by atoms with Crippen LogP contribution in [-0.2, 0) is 4.79 Å². The maximum absolute atomic E-state index is 12.0. The van der Waals surface area contributed by atoms with E-state index in [1.165, 1.54) is 12.2 Å². The Kier molecular flexibility index (Phi) is 4.31. The maximum Gasteiger partial charge on any atom is 0.253 e. The van der Waals surface area contributed by atoms with Crippen molar-refractivity contribution in [2.45, 2.75) is 19.4 Å². The lowest BCUT2D eigenvalue weighted by molar-refractivity contribution is -0.125. The molecule has 1 amide bonds. The molecule has 3 N–H and O–H groups in total. The van der Waals surface area contributed by atoms with Crippen LogP contribution in [0.5, 0.6) is 0 Å². The second kappa shape index (κ2) is 5.51. The highest BCUT2D eigenvalue weighted by Gasteiger charge is 2.24. The van der Waals surface area contributed by atoms with Gasteiger partial charge in [0, 0.05) is 24.7 Å². The van der Waals surface area contributed by atoms with Crippen molar-refractivity contribution in [2.75, 3.05) is 13.1 Å². The maximum atomic E-state index is 12.0. The number of hydrogen-bond acceptors (Lipinski definition) is 3. The minimum absolute atomic E-state index is 0.00931. The first-order chi connectivity index (χ1) is 7.58. The van der Waals surface area contributed by atoms with Gasteiger partial charge in [0.1, 0.15) is 5.76 Å². The molecular formula is C12H18N2O2. The quantitative estimate of drug-likeness (QED) is 0.427. The van der Waals surface area contributed by atoms with Gasteiger partial charge in [-0.1, -0.05) is 12.7 Å². The number of hydrogen-bond donors (Lipinski definition) is 2. The summed E-state index contributed by atoms with van der Waals surface area (Å²) in [4.78, 5) is 13.7. The molecule has 0 spiro atoms. The third-order valence-corrected chi connectivity index (χ3v) is 2.58. The smallest absolute Gasteiger partial charge is 0.253 e. The molecule has 0 bridgehead atoms. The Bertz CT molecular complexity index is 345. The van der Waals surface area contributed by atoms with Crippen LogP contribution in [0.2, 0.25) is 0 Å². The van der Waals surface area contributed by atoms with Gasteiger partial charge in [-0.3, -0.25) is 4.79 Å². The first kappa shape index (κ1) is 12.5. The molecule has 1 rings (SSSR count). The van der Waals surface area contributed by atoms with E-state index in [0.29, 0.717) is 18.7 Å². The van der Waals surface area contributed by atoms with Crippen molar-refractivity contribution in [3.8, 4) is 0 Å². The second-order valence-electron chi connectivity index (χ2n) is 3.82. The van der Waals surface area contributed by atoms with Gasteiger partial charge in [0.25, 0.3) is 5.91 Å². The molecule has 1 heterocycles. The van der Waals surface area contributed by atoms with Gasteiger partial charge in [-0.25, -0.2) is 0 Å². The van der Waals surface area contributed by atoms with Gasteiger partial charge >= 0.3 is 0 Å². The van der Waals surface area contributed by atoms with Crippen LogP contribution in [0.3, 0.4) is 0 Å². The highest BCUT2D eigenvalue weighted by atomic mass is 16.3. The van der Waals surface area contributed by atoms with Crippen molar-refractivity contribution >= 4 is 5.91 Å². The van der Waals surface area contributed by atoms with Gasteiger partial charge in [0.2, 0.25) is 0 Å². The third-order valence-electron chi connectivity index (χ3n) is 2.58. The number of amides is 1. The SMILES string of the molecule is C=C/C(O)=C\C(=C/C)C(=O)N1CC[C@H](N)C1. The number of nitrogens with two attached hydrogens (primary N) is 1. The zero-order chi connectivity index (χ0) is 12.1. The molecule has 0 aromatic heterocycles. The van der Waals surface area contributed by atoms with Crippen LogP contribution in [0.25, 0.3) is 0 Å². The minimum Gasteiger partial charge on any atom is -0.508 e. The standard InChI is InChI=1S/C12H18N2O2/c1-3-9(7-11(15)4-2)12(16)14-6-5-10(13)8-14/h3-4,7,10,15H,2,5-6,8,13H2,1H3/b9-3+,11-7+/t10-/m0/s1. The number of carbonyl (C=O) groups is 1. The second-order valence-corrected chi connectivity index (χ2v) is 3.82. The number of likely N-dealkylation sites (tertiary alicyclic amines) is 1. The average molecular weight is 222 g/mol. The molecule has 16 heavy (non-hydrogen) atoms. The van der Waals surface area contributed by atoms with Crippen molar-refractivity contribution in [1.82, 2.24) is 4.90 Å². The first-order valence-corrected chi connectivity index (χ1v) is 5.32. The Morgan fingerprint density at radius 1 is 1.62 bits per heavy atom. The number of nitrogens with zero attached hydrogens (tertiary/aromatic N) is 1. The van der Waals surface area contributed by atoms with Gasteiger partial charge in [-0.15, -0.1) is 0 Å². The first-order valence-electron chi connectivity index (χ1n) is 5.32. The number of aliphatic hydroxyl groups excluding tert-OH is 1. The number of rotatable bonds is 3. The molecule has 1 saturated heterocycles. The van der Waals surface area contributed by atoms with Crippen LogP contribution in [-0.4, -0.2) is 35.0 Å². The molecule has 4 heteroatoms. The Balaban J connectivity index is 2.75. The lowest BCUT2D eigenvalue weighted by Gasteiger charge is -2.16. The fourth-order valence-corrected chi connectivity index (χ4v) is 1.64. The van der Waals surface area contributed by atoms with E-state index in [0.717, 1.165) is 6.42 Å². The fourth-order valence-electron chi connectivity index (χ4n) is 1.64. The van der Waals surface area contributed by atoms with Crippen LogP contribution < -0.4 is 5.73 Å². The van der Waals surface area contributed by atoms with Crippen LogP contribution >= 0.6 is 0 Å². The van der Waals surface area contributed by atoms with Gasteiger partial charge in [0.15, 0.2) is 0 Å². The van der Waals surface area contributed by atoms with E-state index in [2.05, 4.69) is 6.58 Å². The largest absolute Gasteiger partial charge is 0.508 e. The topological polar surface area (TPSA) is 66.6 Å². The van der Waals surface area contributed by atoms with Crippen LogP contribution in [0.4, 0.5) is 0 Å². The summed E-state index contributed by atoms with van der Waals surface area (Å²) in [6, 6.07) is 0.0686. The monoisotopic (exact) mass is 222 g/mol. The number of aliphatic hydroxyl groups is 1. The predicted octanol–water partition coefficient (Wildman–Crippen LogP) is 1.12. The molecule has 0 unspecified atom stereocenters. The van der Waals surface area contributed by atoms with E-state index in [4.69, 9.17) is 5.73 Å². The van der Waals surface area contributed by atoms with E-state index >= 15 is 0 Å². The van der Waals surface area contributed by atoms with Crippen LogP contribution in [0, 0.1) is 0 Å². The zero-order valence-corrected chi connectivity index (χ0v) is 9.52. The predicted molar refractivity (Wildman–Crippen MR) is 63.8 cm³/mol. The Morgan fingerprint density at radius 2 is 2.31 bits per heavy atom. The molecule has 0 radical (unpaired) electrons. The highest BCUT2D eigenvalue weighted by molar-refractivity contribution is 5.96. The molecule has 1 aliphatic heterocycles. The molecule has 0 saturated carbocycles. The van der Waals surface area contributed by atoms with E-state index in [1.54, 1.807) is 17.9 Å². The molecule has 4 nitrogen and oxygen atoms in total. The molecule has 0 aromatic rings. The molecule has 1 atom stereocenters. The van der Waals surface area contributed by atoms with Crippen LogP contribution in [0.15, 0.2) is 36.1 Å². The summed E-state index contributed by atoms with van der Waals surface area (Å²) in [5.41, 5.74) is 6.20. The third kappa shape index (κ3) is 2.97.